The third kappa shape index (κ3) is 4.25. The van der Waals surface area contributed by atoms with Crippen molar-refractivity contribution < 1.29 is 14.7 Å². The number of amides is 2. The highest BCUT2D eigenvalue weighted by molar-refractivity contribution is 6.05. The molecule has 10 nitrogen and oxygen atoms in total. The lowest BCUT2D eigenvalue weighted by Crippen LogP contribution is -2.39. The third-order valence-electron chi connectivity index (χ3n) is 6.96. The summed E-state index contributed by atoms with van der Waals surface area (Å²) in [4.78, 5) is 36.3. The second-order valence-corrected chi connectivity index (χ2v) is 9.93. The molecule has 35 heavy (non-hydrogen) atoms. The van der Waals surface area contributed by atoms with E-state index in [9.17, 15) is 14.7 Å². The second-order valence-electron chi connectivity index (χ2n) is 9.93. The highest BCUT2D eigenvalue weighted by atomic mass is 16.3. The molecule has 5 rings (SSSR count). The first kappa shape index (κ1) is 23.0. The summed E-state index contributed by atoms with van der Waals surface area (Å²) in [5, 5.41) is 19.5. The van der Waals surface area contributed by atoms with E-state index in [4.69, 9.17) is 5.73 Å². The Morgan fingerprint density at radius 2 is 1.91 bits per heavy atom. The number of nitrogens with one attached hydrogen (secondary N) is 2. The zero-order chi connectivity index (χ0) is 24.7. The maximum Gasteiger partial charge on any atom is 0.273 e. The van der Waals surface area contributed by atoms with Crippen molar-refractivity contribution in [2.75, 3.05) is 30.7 Å². The van der Waals surface area contributed by atoms with Crippen LogP contribution in [0.2, 0.25) is 0 Å². The van der Waals surface area contributed by atoms with E-state index >= 15 is 0 Å². The summed E-state index contributed by atoms with van der Waals surface area (Å²) < 4.78 is 0. The summed E-state index contributed by atoms with van der Waals surface area (Å²) in [6.07, 6.45) is 3.99. The van der Waals surface area contributed by atoms with Crippen LogP contribution in [0.3, 0.4) is 0 Å². The van der Waals surface area contributed by atoms with Crippen LogP contribution in [0.25, 0.3) is 11.4 Å². The Morgan fingerprint density at radius 3 is 2.60 bits per heavy atom. The highest BCUT2D eigenvalue weighted by Gasteiger charge is 2.38. The van der Waals surface area contributed by atoms with Crippen LogP contribution in [-0.4, -0.2) is 61.7 Å². The number of aliphatic hydroxyl groups is 1. The minimum atomic E-state index is -0.360. The minimum absolute atomic E-state index is 0.0384. The van der Waals surface area contributed by atoms with Crippen LogP contribution in [0.5, 0.6) is 0 Å². The number of hydrogen-bond acceptors (Lipinski definition) is 7. The molecule has 3 heterocycles. The lowest BCUT2D eigenvalue weighted by atomic mass is 9.73. The van der Waals surface area contributed by atoms with Gasteiger partial charge in [-0.1, -0.05) is 13.8 Å². The van der Waals surface area contributed by atoms with Gasteiger partial charge in [0.15, 0.2) is 0 Å². The molecule has 0 atom stereocenters. The molecule has 0 unspecified atom stereocenters. The number of carbonyl (C=O) groups excluding carboxylic acids is 2. The van der Waals surface area contributed by atoms with Crippen molar-refractivity contribution in [1.82, 2.24) is 25.1 Å². The molecule has 2 aromatic heterocycles. The van der Waals surface area contributed by atoms with Crippen LogP contribution in [-0.2, 0) is 11.8 Å². The molecule has 1 aliphatic heterocycles. The Morgan fingerprint density at radius 1 is 1.20 bits per heavy atom. The van der Waals surface area contributed by atoms with Crippen molar-refractivity contribution in [3.05, 3.63) is 52.8 Å². The molecule has 10 heteroatoms. The number of carbonyl (C=O) groups is 2. The molecular formula is C25H29N7O3. The number of nitrogens with zero attached hydrogens (tertiary/aromatic N) is 4. The van der Waals surface area contributed by atoms with Gasteiger partial charge in [-0.3, -0.25) is 14.7 Å². The van der Waals surface area contributed by atoms with Gasteiger partial charge in [0.2, 0.25) is 5.95 Å². The quantitative estimate of drug-likeness (QED) is 0.452. The maximum atomic E-state index is 13.2. The molecule has 0 spiro atoms. The summed E-state index contributed by atoms with van der Waals surface area (Å²) in [5.74, 6) is 0.0787. The summed E-state index contributed by atoms with van der Waals surface area (Å²) in [6.45, 7) is 5.57. The standard InChI is InChI=1S/C25H29N7O3/c1-25(2)11-16-12-27-24(26)29-19(16)20-18(25)21(31-30-20)22(34)28-17-5-3-15(4-6-17)23(35)32-9-7-14(13-33)8-10-32/h3-6,12,14,33H,7-11,13H2,1-2H3,(H,28,34)(H,30,31)(H2,26,27,29). The number of rotatable bonds is 4. The molecule has 1 fully saturated rings. The van der Waals surface area contributed by atoms with Gasteiger partial charge in [0.1, 0.15) is 11.4 Å². The van der Waals surface area contributed by atoms with E-state index in [1.54, 1.807) is 30.5 Å². The normalized spacial score (nSPS) is 16.9. The van der Waals surface area contributed by atoms with Crippen molar-refractivity contribution in [1.29, 1.82) is 0 Å². The van der Waals surface area contributed by atoms with Gasteiger partial charge >= 0.3 is 0 Å². The van der Waals surface area contributed by atoms with E-state index in [1.165, 1.54) is 0 Å². The fourth-order valence-corrected chi connectivity index (χ4v) is 5.05. The van der Waals surface area contributed by atoms with Crippen molar-refractivity contribution in [2.24, 2.45) is 5.92 Å². The molecule has 0 saturated carbocycles. The van der Waals surface area contributed by atoms with Gasteiger partial charge in [-0.05, 0) is 60.4 Å². The zero-order valence-corrected chi connectivity index (χ0v) is 19.8. The molecule has 2 aliphatic rings. The van der Waals surface area contributed by atoms with Crippen molar-refractivity contribution in [3.8, 4) is 11.4 Å². The third-order valence-corrected chi connectivity index (χ3v) is 6.96. The number of benzene rings is 1. The maximum absolute atomic E-state index is 13.2. The fourth-order valence-electron chi connectivity index (χ4n) is 5.05. The van der Waals surface area contributed by atoms with E-state index in [0.717, 1.165) is 24.0 Å². The van der Waals surface area contributed by atoms with Gasteiger partial charge in [0.05, 0.1) is 5.69 Å². The largest absolute Gasteiger partial charge is 0.396 e. The smallest absolute Gasteiger partial charge is 0.273 e. The number of aromatic amines is 1. The number of aliphatic hydroxyl groups excluding tert-OH is 1. The molecule has 1 aromatic carbocycles. The first-order valence-electron chi connectivity index (χ1n) is 11.8. The van der Waals surface area contributed by atoms with Crippen molar-refractivity contribution >= 4 is 23.5 Å². The summed E-state index contributed by atoms with van der Waals surface area (Å²) in [6, 6.07) is 6.89. The Labute approximate surface area is 203 Å². The van der Waals surface area contributed by atoms with Gasteiger partial charge in [-0.25, -0.2) is 9.97 Å². The number of nitrogen functional groups attached to an aromatic ring is 1. The Bertz CT molecular complexity index is 1270. The van der Waals surface area contributed by atoms with Crippen LogP contribution < -0.4 is 11.1 Å². The van der Waals surface area contributed by atoms with Crippen LogP contribution in [0.15, 0.2) is 30.5 Å². The van der Waals surface area contributed by atoms with Gasteiger partial charge < -0.3 is 21.1 Å². The summed E-state index contributed by atoms with van der Waals surface area (Å²) in [7, 11) is 0. The predicted molar refractivity (Wildman–Crippen MR) is 131 cm³/mol. The topological polar surface area (TPSA) is 150 Å². The first-order chi connectivity index (χ1) is 16.8. The van der Waals surface area contributed by atoms with Gasteiger partial charge in [0.25, 0.3) is 11.8 Å². The van der Waals surface area contributed by atoms with Gasteiger partial charge in [-0.2, -0.15) is 5.10 Å². The Kier molecular flexibility index (Phi) is 5.76. The number of nitrogens with two attached hydrogens (primary N) is 1. The van der Waals surface area contributed by atoms with E-state index in [-0.39, 0.29) is 35.7 Å². The Balaban J connectivity index is 1.33. The molecule has 1 saturated heterocycles. The SMILES string of the molecule is CC1(C)Cc2cnc(N)nc2-c2n[nH]c(C(=O)Nc3ccc(C(=O)N4CCC(CO)CC4)cc3)c21. The zero-order valence-electron chi connectivity index (χ0n) is 19.8. The molecule has 1 aliphatic carbocycles. The first-order valence-corrected chi connectivity index (χ1v) is 11.8. The average Bonchev–Trinajstić information content (AvgIpc) is 3.32. The molecule has 3 aromatic rings. The molecule has 0 radical (unpaired) electrons. The van der Waals surface area contributed by atoms with E-state index < -0.39 is 0 Å². The average molecular weight is 476 g/mol. The molecule has 0 bridgehead atoms. The van der Waals surface area contributed by atoms with Crippen LogP contribution >= 0.6 is 0 Å². The molecular weight excluding hydrogens is 446 g/mol. The monoisotopic (exact) mass is 475 g/mol. The minimum Gasteiger partial charge on any atom is -0.396 e. The summed E-state index contributed by atoms with van der Waals surface area (Å²) >= 11 is 0. The number of anilines is 2. The lowest BCUT2D eigenvalue weighted by Gasteiger charge is -2.31. The molecule has 2 amide bonds. The number of H-pyrrole nitrogens is 1. The highest BCUT2D eigenvalue weighted by Crippen LogP contribution is 2.42. The van der Waals surface area contributed by atoms with E-state index in [1.807, 2.05) is 4.90 Å². The number of fused-ring (bicyclic) bond motifs is 3. The lowest BCUT2D eigenvalue weighted by molar-refractivity contribution is 0.0651. The van der Waals surface area contributed by atoms with Crippen molar-refractivity contribution in [2.45, 2.75) is 38.5 Å². The van der Waals surface area contributed by atoms with Crippen LogP contribution in [0.1, 0.15) is 58.7 Å². The predicted octanol–water partition coefficient (Wildman–Crippen LogP) is 2.38. The number of hydrogen-bond donors (Lipinski definition) is 4. The fraction of sp³-hybridized carbons (Fsp3) is 0.400. The van der Waals surface area contributed by atoms with Crippen LogP contribution in [0.4, 0.5) is 11.6 Å². The van der Waals surface area contributed by atoms with Crippen molar-refractivity contribution in [3.63, 3.8) is 0 Å². The number of aromatic nitrogens is 4. The van der Waals surface area contributed by atoms with E-state index in [2.05, 4.69) is 39.3 Å². The van der Waals surface area contributed by atoms with E-state index in [0.29, 0.717) is 47.8 Å². The number of piperidine rings is 1. The molecule has 5 N–H and O–H groups in total. The second kappa shape index (κ2) is 8.77. The summed E-state index contributed by atoms with van der Waals surface area (Å²) in [5.41, 5.74) is 9.94. The molecule has 182 valence electrons. The number of likely N-dealkylation sites (tertiary alicyclic amines) is 1. The van der Waals surface area contributed by atoms with Gasteiger partial charge in [-0.15, -0.1) is 0 Å². The van der Waals surface area contributed by atoms with Crippen LogP contribution in [0, 0.1) is 5.92 Å². The Hall–Kier alpha value is -3.79. The van der Waals surface area contributed by atoms with Gasteiger partial charge in [0, 0.05) is 42.7 Å².